The Labute approximate surface area is 121 Å². The van der Waals surface area contributed by atoms with Gasteiger partial charge in [-0.25, -0.2) is 0 Å². The van der Waals surface area contributed by atoms with E-state index in [1.165, 1.54) is 0 Å². The lowest BCUT2D eigenvalue weighted by Gasteiger charge is -2.21. The highest BCUT2D eigenvalue weighted by Crippen LogP contribution is 2.23. The van der Waals surface area contributed by atoms with E-state index in [2.05, 4.69) is 0 Å². The van der Waals surface area contributed by atoms with Crippen LogP contribution >= 0.6 is 0 Å². The van der Waals surface area contributed by atoms with Gasteiger partial charge >= 0.3 is 5.97 Å². The molecule has 20 heavy (non-hydrogen) atoms. The van der Waals surface area contributed by atoms with Gasteiger partial charge in [0, 0.05) is 11.8 Å². The van der Waals surface area contributed by atoms with E-state index in [4.69, 9.17) is 4.74 Å². The molecule has 3 heteroatoms. The number of esters is 1. The van der Waals surface area contributed by atoms with E-state index < -0.39 is 11.3 Å². The zero-order valence-electron chi connectivity index (χ0n) is 12.8. The first kappa shape index (κ1) is 16.4. The predicted octanol–water partition coefficient (Wildman–Crippen LogP) is 3.41. The molecule has 0 radical (unpaired) electrons. The van der Waals surface area contributed by atoms with Gasteiger partial charge in [-0.2, -0.15) is 0 Å². The smallest absolute Gasteiger partial charge is 0.309 e. The summed E-state index contributed by atoms with van der Waals surface area (Å²) in [4.78, 5) is 24.2. The van der Waals surface area contributed by atoms with Crippen LogP contribution < -0.4 is 0 Å². The highest BCUT2D eigenvalue weighted by Gasteiger charge is 2.29. The normalized spacial score (nSPS) is 12.8. The summed E-state index contributed by atoms with van der Waals surface area (Å²) in [6.45, 7) is 7.75. The quantitative estimate of drug-likeness (QED) is 0.748. The van der Waals surface area contributed by atoms with Gasteiger partial charge in [0.2, 0.25) is 0 Å². The van der Waals surface area contributed by atoms with Crippen LogP contribution in [0.2, 0.25) is 0 Å². The molecule has 0 saturated carbocycles. The number of Topliss-reactive ketones (excluding diaryl/α,β-unsaturated/α-hetero) is 1. The van der Waals surface area contributed by atoms with E-state index in [0.717, 1.165) is 5.56 Å². The van der Waals surface area contributed by atoms with Crippen LogP contribution in [0.4, 0.5) is 0 Å². The molecule has 0 spiro atoms. The van der Waals surface area contributed by atoms with E-state index in [0.29, 0.717) is 13.0 Å². The first-order valence-corrected chi connectivity index (χ1v) is 7.08. The summed E-state index contributed by atoms with van der Waals surface area (Å²) in [5.74, 6) is -0.593. The zero-order chi connectivity index (χ0) is 15.2. The van der Waals surface area contributed by atoms with Crippen LogP contribution in [-0.2, 0) is 20.7 Å². The van der Waals surface area contributed by atoms with Gasteiger partial charge in [-0.05, 0) is 18.9 Å². The molecule has 3 nitrogen and oxygen atoms in total. The Hall–Kier alpha value is -1.64. The molecule has 0 aliphatic carbocycles. The monoisotopic (exact) mass is 276 g/mol. The number of hydrogen-bond acceptors (Lipinski definition) is 3. The van der Waals surface area contributed by atoms with Gasteiger partial charge in [-0.15, -0.1) is 0 Å². The van der Waals surface area contributed by atoms with Crippen LogP contribution in [-0.4, -0.2) is 18.4 Å². The lowest BCUT2D eigenvalue weighted by atomic mass is 9.83. The van der Waals surface area contributed by atoms with E-state index in [1.54, 1.807) is 6.92 Å². The van der Waals surface area contributed by atoms with E-state index in [1.807, 2.05) is 51.1 Å². The summed E-state index contributed by atoms with van der Waals surface area (Å²) in [5, 5.41) is 0. The maximum atomic E-state index is 12.2. The van der Waals surface area contributed by atoms with Crippen LogP contribution in [0.15, 0.2) is 30.3 Å². The van der Waals surface area contributed by atoms with Crippen molar-refractivity contribution < 1.29 is 14.3 Å². The first-order valence-electron chi connectivity index (χ1n) is 7.08. The van der Waals surface area contributed by atoms with Crippen LogP contribution in [0.25, 0.3) is 0 Å². The number of rotatable bonds is 6. The third-order valence-electron chi connectivity index (χ3n) is 3.21. The third-order valence-corrected chi connectivity index (χ3v) is 3.21. The highest BCUT2D eigenvalue weighted by atomic mass is 16.5. The summed E-state index contributed by atoms with van der Waals surface area (Å²) in [6.07, 6.45) is 0.777. The minimum atomic E-state index is -0.429. The molecular formula is C17H24O3. The summed E-state index contributed by atoms with van der Waals surface area (Å²) in [7, 11) is 0. The van der Waals surface area contributed by atoms with Gasteiger partial charge in [0.1, 0.15) is 5.78 Å². The zero-order valence-corrected chi connectivity index (χ0v) is 12.8. The Morgan fingerprint density at radius 1 is 1.15 bits per heavy atom. The van der Waals surface area contributed by atoms with E-state index in [-0.39, 0.29) is 18.2 Å². The van der Waals surface area contributed by atoms with Crippen molar-refractivity contribution in [2.45, 2.75) is 40.5 Å². The second-order valence-corrected chi connectivity index (χ2v) is 6.02. The van der Waals surface area contributed by atoms with Gasteiger partial charge < -0.3 is 4.74 Å². The number of carbonyl (C=O) groups excluding carboxylic acids is 2. The molecule has 0 aromatic heterocycles. The van der Waals surface area contributed by atoms with Crippen molar-refractivity contribution in [3.63, 3.8) is 0 Å². The van der Waals surface area contributed by atoms with Crippen LogP contribution in [0, 0.1) is 11.3 Å². The Morgan fingerprint density at radius 2 is 1.75 bits per heavy atom. The maximum absolute atomic E-state index is 12.2. The number of benzene rings is 1. The topological polar surface area (TPSA) is 43.4 Å². The largest absolute Gasteiger partial charge is 0.466 e. The molecule has 1 atom stereocenters. The first-order chi connectivity index (χ1) is 9.34. The number of ketones is 1. The third kappa shape index (κ3) is 5.16. The van der Waals surface area contributed by atoms with E-state index >= 15 is 0 Å². The van der Waals surface area contributed by atoms with Crippen molar-refractivity contribution in [3.8, 4) is 0 Å². The molecule has 0 saturated heterocycles. The Morgan fingerprint density at radius 3 is 2.25 bits per heavy atom. The summed E-state index contributed by atoms with van der Waals surface area (Å²) < 4.78 is 5.10. The molecule has 0 fully saturated rings. The number of ether oxygens (including phenoxy) is 1. The molecule has 0 aliphatic heterocycles. The summed E-state index contributed by atoms with van der Waals surface area (Å²) >= 11 is 0. The fourth-order valence-corrected chi connectivity index (χ4v) is 1.93. The predicted molar refractivity (Wildman–Crippen MR) is 79.3 cm³/mol. The van der Waals surface area contributed by atoms with Crippen LogP contribution in [0.1, 0.15) is 39.7 Å². The van der Waals surface area contributed by atoms with Crippen LogP contribution in [0.3, 0.4) is 0 Å². The molecule has 0 heterocycles. The molecule has 1 unspecified atom stereocenters. The average molecular weight is 276 g/mol. The minimum absolute atomic E-state index is 0.0893. The van der Waals surface area contributed by atoms with Crippen molar-refractivity contribution in [2.75, 3.05) is 6.61 Å². The summed E-state index contributed by atoms with van der Waals surface area (Å²) in [5.41, 5.74) is 0.619. The standard InChI is InChI=1S/C17H24O3/c1-5-20-16(19)14(12-15(18)17(2,3)4)11-13-9-7-6-8-10-13/h6-10,14H,5,11-12H2,1-4H3. The lowest BCUT2D eigenvalue weighted by Crippen LogP contribution is -2.28. The Kier molecular flexibility index (Phi) is 5.93. The average Bonchev–Trinajstić information content (AvgIpc) is 2.38. The van der Waals surface area contributed by atoms with Crippen LogP contribution in [0.5, 0.6) is 0 Å². The SMILES string of the molecule is CCOC(=O)C(CC(=O)C(C)(C)C)Cc1ccccc1. The van der Waals surface area contributed by atoms with Crippen molar-refractivity contribution in [1.29, 1.82) is 0 Å². The van der Waals surface area contributed by atoms with Crippen molar-refractivity contribution >= 4 is 11.8 Å². The minimum Gasteiger partial charge on any atom is -0.466 e. The van der Waals surface area contributed by atoms with Gasteiger partial charge in [0.15, 0.2) is 0 Å². The van der Waals surface area contributed by atoms with Crippen molar-refractivity contribution in [1.82, 2.24) is 0 Å². The molecule has 1 aromatic rings. The molecule has 0 amide bonds. The molecule has 0 bridgehead atoms. The van der Waals surface area contributed by atoms with Crippen molar-refractivity contribution in [2.24, 2.45) is 11.3 Å². The fourth-order valence-electron chi connectivity index (χ4n) is 1.93. The fraction of sp³-hybridized carbons (Fsp3) is 0.529. The number of carbonyl (C=O) groups is 2. The highest BCUT2D eigenvalue weighted by molar-refractivity contribution is 5.88. The second-order valence-electron chi connectivity index (χ2n) is 6.02. The van der Waals surface area contributed by atoms with Crippen molar-refractivity contribution in [3.05, 3.63) is 35.9 Å². The second kappa shape index (κ2) is 7.22. The molecular weight excluding hydrogens is 252 g/mol. The molecule has 110 valence electrons. The maximum Gasteiger partial charge on any atom is 0.309 e. The molecule has 1 rings (SSSR count). The molecule has 1 aromatic carbocycles. The van der Waals surface area contributed by atoms with Gasteiger partial charge in [0.05, 0.1) is 12.5 Å². The number of hydrogen-bond donors (Lipinski definition) is 0. The Bertz CT molecular complexity index is 443. The van der Waals surface area contributed by atoms with E-state index in [9.17, 15) is 9.59 Å². The van der Waals surface area contributed by atoms with Gasteiger partial charge in [0.25, 0.3) is 0 Å². The summed E-state index contributed by atoms with van der Waals surface area (Å²) in [6, 6.07) is 9.73. The lowest BCUT2D eigenvalue weighted by molar-refractivity contribution is -0.150. The molecule has 0 N–H and O–H groups in total. The van der Waals surface area contributed by atoms with Gasteiger partial charge in [-0.1, -0.05) is 51.1 Å². The molecule has 0 aliphatic rings. The Balaban J connectivity index is 2.81. The van der Waals surface area contributed by atoms with Gasteiger partial charge in [-0.3, -0.25) is 9.59 Å².